The molecule has 2 N–H and O–H groups in total. The van der Waals surface area contributed by atoms with Crippen molar-refractivity contribution in [2.75, 3.05) is 32.8 Å². The minimum Gasteiger partial charge on any atom is -0.396 e. The van der Waals surface area contributed by atoms with Crippen LogP contribution in [0.15, 0.2) is 18.5 Å². The van der Waals surface area contributed by atoms with Crippen molar-refractivity contribution in [3.63, 3.8) is 0 Å². The summed E-state index contributed by atoms with van der Waals surface area (Å²) in [6, 6.07) is 1.82. The highest BCUT2D eigenvalue weighted by atomic mass is 35.5. The third kappa shape index (κ3) is 5.02. The first-order chi connectivity index (χ1) is 9.79. The van der Waals surface area contributed by atoms with Gasteiger partial charge in [0.2, 0.25) is 0 Å². The summed E-state index contributed by atoms with van der Waals surface area (Å²) in [5.74, 6) is 0.478. The van der Waals surface area contributed by atoms with Crippen molar-refractivity contribution in [1.82, 2.24) is 15.2 Å². The molecule has 4 nitrogen and oxygen atoms in total. The zero-order valence-corrected chi connectivity index (χ0v) is 12.6. The van der Waals surface area contributed by atoms with Crippen LogP contribution in [0.5, 0.6) is 0 Å². The van der Waals surface area contributed by atoms with E-state index in [1.165, 1.54) is 19.4 Å². The number of piperidine rings is 1. The average molecular weight is 298 g/mol. The van der Waals surface area contributed by atoms with E-state index in [4.69, 9.17) is 11.6 Å². The summed E-state index contributed by atoms with van der Waals surface area (Å²) in [5, 5.41) is 13.4. The topological polar surface area (TPSA) is 48.4 Å². The molecule has 112 valence electrons. The summed E-state index contributed by atoms with van der Waals surface area (Å²) in [4.78, 5) is 6.54. The molecule has 0 saturated carbocycles. The number of pyridine rings is 1. The predicted molar refractivity (Wildman–Crippen MR) is 81.8 cm³/mol. The number of rotatable bonds is 7. The summed E-state index contributed by atoms with van der Waals surface area (Å²) in [7, 11) is 0. The van der Waals surface area contributed by atoms with Crippen molar-refractivity contribution in [2.45, 2.75) is 25.8 Å². The van der Waals surface area contributed by atoms with Crippen molar-refractivity contribution in [1.29, 1.82) is 0 Å². The van der Waals surface area contributed by atoms with Crippen molar-refractivity contribution in [3.8, 4) is 0 Å². The number of hydrogen-bond donors (Lipinski definition) is 2. The Bertz CT molecular complexity index is 402. The zero-order chi connectivity index (χ0) is 14.2. The minimum atomic E-state index is 0.328. The molecule has 2 heterocycles. The van der Waals surface area contributed by atoms with E-state index in [9.17, 15) is 5.11 Å². The van der Waals surface area contributed by atoms with Gasteiger partial charge in [-0.05, 0) is 50.9 Å². The van der Waals surface area contributed by atoms with Crippen LogP contribution in [0.1, 0.15) is 24.8 Å². The van der Waals surface area contributed by atoms with Gasteiger partial charge < -0.3 is 15.3 Å². The fraction of sp³-hybridized carbons (Fsp3) is 0.667. The smallest absolute Gasteiger partial charge is 0.0481 e. The maximum atomic E-state index is 9.21. The van der Waals surface area contributed by atoms with Gasteiger partial charge in [0, 0.05) is 42.7 Å². The van der Waals surface area contributed by atoms with Crippen molar-refractivity contribution in [3.05, 3.63) is 29.0 Å². The fourth-order valence-corrected chi connectivity index (χ4v) is 2.87. The summed E-state index contributed by atoms with van der Waals surface area (Å²) >= 11 is 6.08. The summed E-state index contributed by atoms with van der Waals surface area (Å²) in [6.45, 7) is 5.39. The van der Waals surface area contributed by atoms with Gasteiger partial charge in [-0.3, -0.25) is 4.98 Å². The van der Waals surface area contributed by atoms with Gasteiger partial charge in [0.15, 0.2) is 0 Å². The van der Waals surface area contributed by atoms with Gasteiger partial charge in [0.05, 0.1) is 0 Å². The number of nitrogens with zero attached hydrogens (tertiary/aromatic N) is 2. The first-order valence-electron chi connectivity index (χ1n) is 7.42. The van der Waals surface area contributed by atoms with Gasteiger partial charge in [-0.2, -0.15) is 0 Å². The maximum absolute atomic E-state index is 9.21. The van der Waals surface area contributed by atoms with Crippen molar-refractivity contribution in [2.24, 2.45) is 5.92 Å². The second-order valence-electron chi connectivity index (χ2n) is 5.49. The molecule has 1 aliphatic rings. The van der Waals surface area contributed by atoms with E-state index in [-0.39, 0.29) is 0 Å². The van der Waals surface area contributed by atoms with Crippen LogP contribution in [-0.4, -0.2) is 47.8 Å². The lowest BCUT2D eigenvalue weighted by Gasteiger charge is -2.31. The Morgan fingerprint density at radius 3 is 3.20 bits per heavy atom. The van der Waals surface area contributed by atoms with E-state index in [1.54, 1.807) is 6.20 Å². The van der Waals surface area contributed by atoms with Gasteiger partial charge >= 0.3 is 0 Å². The number of aromatic nitrogens is 1. The summed E-state index contributed by atoms with van der Waals surface area (Å²) in [5.41, 5.74) is 1.05. The van der Waals surface area contributed by atoms with Crippen LogP contribution in [0.2, 0.25) is 5.02 Å². The number of aliphatic hydroxyl groups is 1. The Morgan fingerprint density at radius 2 is 2.40 bits per heavy atom. The molecule has 0 aliphatic carbocycles. The maximum Gasteiger partial charge on any atom is 0.0481 e. The van der Waals surface area contributed by atoms with Crippen LogP contribution in [0.3, 0.4) is 0 Å². The average Bonchev–Trinajstić information content (AvgIpc) is 2.49. The molecule has 0 radical (unpaired) electrons. The van der Waals surface area contributed by atoms with Crippen LogP contribution in [0.4, 0.5) is 0 Å². The van der Waals surface area contributed by atoms with E-state index in [0.717, 1.165) is 43.2 Å². The molecule has 0 spiro atoms. The second-order valence-corrected chi connectivity index (χ2v) is 5.90. The lowest BCUT2D eigenvalue weighted by molar-refractivity contribution is 0.119. The lowest BCUT2D eigenvalue weighted by atomic mass is 9.99. The first-order valence-corrected chi connectivity index (χ1v) is 7.79. The highest BCUT2D eigenvalue weighted by molar-refractivity contribution is 6.31. The third-order valence-electron chi connectivity index (χ3n) is 3.85. The number of likely N-dealkylation sites (tertiary alicyclic amines) is 1. The van der Waals surface area contributed by atoms with Gasteiger partial charge in [-0.15, -0.1) is 0 Å². The van der Waals surface area contributed by atoms with Gasteiger partial charge in [0.25, 0.3) is 0 Å². The predicted octanol–water partition coefficient (Wildman–Crippen LogP) is 1.92. The quantitative estimate of drug-likeness (QED) is 0.755. The normalized spacial score (nSPS) is 20.2. The third-order valence-corrected chi connectivity index (χ3v) is 4.22. The molecule has 20 heavy (non-hydrogen) atoms. The molecule has 1 saturated heterocycles. The van der Waals surface area contributed by atoms with Gasteiger partial charge in [-0.1, -0.05) is 11.6 Å². The van der Waals surface area contributed by atoms with Crippen LogP contribution in [0.25, 0.3) is 0 Å². The molecule has 1 atom stereocenters. The van der Waals surface area contributed by atoms with Crippen LogP contribution in [0, 0.1) is 5.92 Å². The molecule has 1 unspecified atom stereocenters. The molecule has 1 aliphatic heterocycles. The molecular formula is C15H24ClN3O. The molecular weight excluding hydrogens is 274 g/mol. The van der Waals surface area contributed by atoms with Crippen molar-refractivity contribution < 1.29 is 5.11 Å². The monoisotopic (exact) mass is 297 g/mol. The first kappa shape index (κ1) is 15.7. The number of aliphatic hydroxyl groups excluding tert-OH is 1. The molecule has 5 heteroatoms. The van der Waals surface area contributed by atoms with E-state index in [1.807, 2.05) is 12.3 Å². The molecule has 0 amide bonds. The summed E-state index contributed by atoms with van der Waals surface area (Å²) in [6.07, 6.45) is 7.02. The van der Waals surface area contributed by atoms with Gasteiger partial charge in [0.1, 0.15) is 0 Å². The largest absolute Gasteiger partial charge is 0.396 e. The van der Waals surface area contributed by atoms with Crippen LogP contribution < -0.4 is 5.32 Å². The minimum absolute atomic E-state index is 0.328. The van der Waals surface area contributed by atoms with Crippen LogP contribution >= 0.6 is 11.6 Å². The van der Waals surface area contributed by atoms with E-state index >= 15 is 0 Å². The molecule has 1 aromatic rings. The second kappa shape index (κ2) is 8.57. The Balaban J connectivity index is 1.59. The molecule has 1 fully saturated rings. The summed E-state index contributed by atoms with van der Waals surface area (Å²) < 4.78 is 0. The highest BCUT2D eigenvalue weighted by Crippen LogP contribution is 2.16. The van der Waals surface area contributed by atoms with Crippen LogP contribution in [-0.2, 0) is 6.54 Å². The Hall–Kier alpha value is -0.680. The van der Waals surface area contributed by atoms with E-state index in [2.05, 4.69) is 15.2 Å². The van der Waals surface area contributed by atoms with Crippen molar-refractivity contribution >= 4 is 11.6 Å². The fourth-order valence-electron chi connectivity index (χ4n) is 2.69. The standard InChI is InChI=1S/C15H24ClN3O/c16-15-4-6-18-10-14(15)9-17-5-2-8-19-7-1-3-13(11-19)12-20/h4,6,10,13,17,20H,1-3,5,7-9,11-12H2. The highest BCUT2D eigenvalue weighted by Gasteiger charge is 2.18. The Labute approximate surface area is 126 Å². The molecule has 2 rings (SSSR count). The van der Waals surface area contributed by atoms with E-state index in [0.29, 0.717) is 12.5 Å². The Kier molecular flexibility index (Phi) is 6.73. The molecule has 1 aromatic heterocycles. The molecule has 0 aromatic carbocycles. The van der Waals surface area contributed by atoms with E-state index < -0.39 is 0 Å². The SMILES string of the molecule is OCC1CCCN(CCCNCc2cnccc2Cl)C1. The molecule has 0 bridgehead atoms. The number of nitrogens with one attached hydrogen (secondary N) is 1. The Morgan fingerprint density at radius 1 is 1.50 bits per heavy atom. The lowest BCUT2D eigenvalue weighted by Crippen LogP contribution is -2.38. The zero-order valence-electron chi connectivity index (χ0n) is 11.9. The number of halogens is 1. The van der Waals surface area contributed by atoms with Gasteiger partial charge in [-0.25, -0.2) is 0 Å². The number of hydrogen-bond acceptors (Lipinski definition) is 4.